The Hall–Kier alpha value is -2.33. The minimum Gasteiger partial charge on any atom is -0.341 e. The van der Waals surface area contributed by atoms with Crippen molar-refractivity contribution >= 4 is 29.1 Å². The average Bonchev–Trinajstić information content (AvgIpc) is 2.75. The molecular formula is C17H15ClN2O2. The lowest BCUT2D eigenvalue weighted by Gasteiger charge is -2.19. The number of benzene rings is 2. The van der Waals surface area contributed by atoms with Crippen LogP contribution in [-0.4, -0.2) is 11.8 Å². The lowest BCUT2D eigenvalue weighted by molar-refractivity contribution is -0.126. The average molecular weight is 315 g/mol. The van der Waals surface area contributed by atoms with E-state index in [0.717, 1.165) is 16.8 Å². The maximum Gasteiger partial charge on any atom is 0.254 e. The van der Waals surface area contributed by atoms with Gasteiger partial charge in [-0.25, -0.2) is 0 Å². The zero-order chi connectivity index (χ0) is 15.7. The predicted molar refractivity (Wildman–Crippen MR) is 85.6 cm³/mol. The summed E-state index contributed by atoms with van der Waals surface area (Å²) in [6.07, 6.45) is 0. The highest BCUT2D eigenvalue weighted by atomic mass is 35.5. The zero-order valence-corrected chi connectivity index (χ0v) is 12.8. The fourth-order valence-corrected chi connectivity index (χ4v) is 2.88. The fraction of sp³-hybridized carbons (Fsp3) is 0.176. The van der Waals surface area contributed by atoms with Crippen LogP contribution in [0.5, 0.6) is 0 Å². The number of nitrogens with one attached hydrogen (secondary N) is 1. The van der Waals surface area contributed by atoms with Gasteiger partial charge in [0.15, 0.2) is 0 Å². The van der Waals surface area contributed by atoms with E-state index in [1.54, 1.807) is 11.0 Å². The highest BCUT2D eigenvalue weighted by Gasteiger charge is 2.37. The normalized spacial score (nSPS) is 16.5. The van der Waals surface area contributed by atoms with E-state index in [9.17, 15) is 9.59 Å². The molecule has 1 N–H and O–H groups in total. The number of fused-ring (bicyclic) bond motifs is 1. The van der Waals surface area contributed by atoms with Gasteiger partial charge in [0.25, 0.3) is 5.91 Å². The van der Waals surface area contributed by atoms with Gasteiger partial charge in [-0.05, 0) is 17.7 Å². The Bertz CT molecular complexity index is 745. The van der Waals surface area contributed by atoms with Crippen LogP contribution in [0.25, 0.3) is 0 Å². The van der Waals surface area contributed by atoms with Crippen molar-refractivity contribution in [1.82, 2.24) is 5.32 Å². The quantitative estimate of drug-likeness (QED) is 0.946. The smallest absolute Gasteiger partial charge is 0.254 e. The molecule has 0 saturated heterocycles. The number of carbonyl (C=O) groups is 2. The molecule has 0 fully saturated rings. The molecule has 1 heterocycles. The molecule has 0 aromatic heterocycles. The molecule has 1 aliphatic heterocycles. The van der Waals surface area contributed by atoms with Crippen molar-refractivity contribution in [2.45, 2.75) is 19.5 Å². The van der Waals surface area contributed by atoms with Crippen molar-refractivity contribution in [2.75, 3.05) is 4.90 Å². The molecule has 5 heteroatoms. The van der Waals surface area contributed by atoms with Gasteiger partial charge in [-0.15, -0.1) is 0 Å². The molecule has 0 spiro atoms. The van der Waals surface area contributed by atoms with Crippen LogP contribution >= 0.6 is 11.6 Å². The van der Waals surface area contributed by atoms with Gasteiger partial charge in [0.05, 0.1) is 6.54 Å². The highest BCUT2D eigenvalue weighted by Crippen LogP contribution is 2.37. The maximum atomic E-state index is 12.7. The van der Waals surface area contributed by atoms with Crippen LogP contribution < -0.4 is 10.2 Å². The number of para-hydroxylation sites is 1. The van der Waals surface area contributed by atoms with Gasteiger partial charge in [-0.1, -0.05) is 48.0 Å². The fourth-order valence-electron chi connectivity index (χ4n) is 2.69. The van der Waals surface area contributed by atoms with Gasteiger partial charge >= 0.3 is 0 Å². The van der Waals surface area contributed by atoms with E-state index >= 15 is 0 Å². The summed E-state index contributed by atoms with van der Waals surface area (Å²) in [7, 11) is 0. The first-order valence-electron chi connectivity index (χ1n) is 6.98. The van der Waals surface area contributed by atoms with E-state index in [1.807, 2.05) is 42.5 Å². The summed E-state index contributed by atoms with van der Waals surface area (Å²) < 4.78 is 0. The summed E-state index contributed by atoms with van der Waals surface area (Å²) in [5.41, 5.74) is 2.50. The van der Waals surface area contributed by atoms with Crippen LogP contribution in [0.4, 0.5) is 5.69 Å². The Kier molecular flexibility index (Phi) is 3.86. The number of amides is 2. The molecule has 0 aliphatic carbocycles. The summed E-state index contributed by atoms with van der Waals surface area (Å²) in [6.45, 7) is 1.79. The third-order valence-corrected chi connectivity index (χ3v) is 4.05. The summed E-state index contributed by atoms with van der Waals surface area (Å²) in [4.78, 5) is 25.7. The summed E-state index contributed by atoms with van der Waals surface area (Å²) in [5, 5.41) is 3.34. The Balaban J connectivity index is 1.97. The number of hydrogen-bond acceptors (Lipinski definition) is 2. The van der Waals surface area contributed by atoms with E-state index in [2.05, 4.69) is 5.32 Å². The standard InChI is InChI=1S/C17H15ClN2O2/c1-11(21)19-16-13-7-3-5-9-15(13)20(17(16)22)10-12-6-2-4-8-14(12)18/h2-9,16H,10H2,1H3,(H,19,21). The molecule has 1 atom stereocenters. The first-order chi connectivity index (χ1) is 10.6. The Morgan fingerprint density at radius 2 is 1.86 bits per heavy atom. The van der Waals surface area contributed by atoms with E-state index in [0.29, 0.717) is 11.6 Å². The van der Waals surface area contributed by atoms with Crippen molar-refractivity contribution in [3.8, 4) is 0 Å². The van der Waals surface area contributed by atoms with Crippen LogP contribution in [0.1, 0.15) is 24.1 Å². The Labute approximate surface area is 133 Å². The molecule has 2 amide bonds. The molecule has 1 unspecified atom stereocenters. The zero-order valence-electron chi connectivity index (χ0n) is 12.0. The first kappa shape index (κ1) is 14.6. The molecule has 0 radical (unpaired) electrons. The molecule has 4 nitrogen and oxygen atoms in total. The van der Waals surface area contributed by atoms with Crippen molar-refractivity contribution in [3.05, 3.63) is 64.7 Å². The first-order valence-corrected chi connectivity index (χ1v) is 7.36. The Morgan fingerprint density at radius 3 is 2.59 bits per heavy atom. The van der Waals surface area contributed by atoms with Gasteiger partial charge in [-0.3, -0.25) is 9.59 Å². The molecule has 2 aromatic rings. The molecule has 2 aromatic carbocycles. The Morgan fingerprint density at radius 1 is 1.18 bits per heavy atom. The summed E-state index contributed by atoms with van der Waals surface area (Å²) in [5.74, 6) is -0.371. The molecule has 1 aliphatic rings. The number of anilines is 1. The van der Waals surface area contributed by atoms with E-state index in [1.165, 1.54) is 6.92 Å². The van der Waals surface area contributed by atoms with Crippen LogP contribution in [0.3, 0.4) is 0 Å². The maximum absolute atomic E-state index is 12.7. The van der Waals surface area contributed by atoms with E-state index < -0.39 is 6.04 Å². The van der Waals surface area contributed by atoms with Crippen molar-refractivity contribution in [1.29, 1.82) is 0 Å². The third kappa shape index (κ3) is 2.57. The van der Waals surface area contributed by atoms with Gasteiger partial charge in [0.1, 0.15) is 6.04 Å². The van der Waals surface area contributed by atoms with Crippen LogP contribution in [0.15, 0.2) is 48.5 Å². The minimum absolute atomic E-state index is 0.142. The minimum atomic E-state index is -0.629. The second-order valence-electron chi connectivity index (χ2n) is 5.21. The second kappa shape index (κ2) is 5.81. The largest absolute Gasteiger partial charge is 0.341 e. The highest BCUT2D eigenvalue weighted by molar-refractivity contribution is 6.31. The molecule has 22 heavy (non-hydrogen) atoms. The molecule has 3 rings (SSSR count). The molecule has 0 bridgehead atoms. The van der Waals surface area contributed by atoms with Crippen molar-refractivity contribution in [2.24, 2.45) is 0 Å². The summed E-state index contributed by atoms with van der Waals surface area (Å²) >= 11 is 6.19. The number of carbonyl (C=O) groups excluding carboxylic acids is 2. The number of nitrogens with zero attached hydrogens (tertiary/aromatic N) is 1. The SMILES string of the molecule is CC(=O)NC1C(=O)N(Cc2ccccc2Cl)c2ccccc21. The van der Waals surface area contributed by atoms with E-state index in [4.69, 9.17) is 11.6 Å². The predicted octanol–water partition coefficient (Wildman–Crippen LogP) is 3.06. The topological polar surface area (TPSA) is 49.4 Å². The van der Waals surface area contributed by atoms with Gasteiger partial charge < -0.3 is 10.2 Å². The second-order valence-corrected chi connectivity index (χ2v) is 5.62. The van der Waals surface area contributed by atoms with Gasteiger partial charge in [0, 0.05) is 23.2 Å². The molecule has 112 valence electrons. The number of hydrogen-bond donors (Lipinski definition) is 1. The van der Waals surface area contributed by atoms with Gasteiger partial charge in [-0.2, -0.15) is 0 Å². The van der Waals surface area contributed by atoms with Crippen LogP contribution in [0.2, 0.25) is 5.02 Å². The monoisotopic (exact) mass is 314 g/mol. The van der Waals surface area contributed by atoms with Crippen LogP contribution in [-0.2, 0) is 16.1 Å². The third-order valence-electron chi connectivity index (χ3n) is 3.69. The molecule has 0 saturated carbocycles. The van der Waals surface area contributed by atoms with Crippen molar-refractivity contribution < 1.29 is 9.59 Å². The lowest BCUT2D eigenvalue weighted by atomic mass is 10.1. The number of rotatable bonds is 3. The molecular weight excluding hydrogens is 300 g/mol. The van der Waals surface area contributed by atoms with Crippen molar-refractivity contribution in [3.63, 3.8) is 0 Å². The van der Waals surface area contributed by atoms with Crippen LogP contribution in [0, 0.1) is 0 Å². The van der Waals surface area contributed by atoms with Gasteiger partial charge in [0.2, 0.25) is 5.91 Å². The summed E-state index contributed by atoms with van der Waals surface area (Å²) in [6, 6.07) is 14.3. The number of halogens is 1. The lowest BCUT2D eigenvalue weighted by Crippen LogP contribution is -2.36. The van der Waals surface area contributed by atoms with E-state index in [-0.39, 0.29) is 11.8 Å².